The van der Waals surface area contributed by atoms with Crippen LogP contribution in [-0.4, -0.2) is 19.8 Å². The Hall–Kier alpha value is -1.31. The van der Waals surface area contributed by atoms with Crippen LogP contribution in [0, 0.1) is 0 Å². The number of hydrogen-bond donors (Lipinski definition) is 1. The molecule has 7 heteroatoms. The fourth-order valence-corrected chi connectivity index (χ4v) is 2.72. The van der Waals surface area contributed by atoms with Crippen LogP contribution >= 0.6 is 27.3 Å². The second kappa shape index (κ2) is 4.17. The minimum absolute atomic E-state index is 0.420. The molecular weight excluding hydrogens is 302 g/mol. The molecule has 0 fully saturated rings. The summed E-state index contributed by atoms with van der Waals surface area (Å²) in [5, 5.41) is 13.5. The van der Waals surface area contributed by atoms with Crippen LogP contribution in [0.25, 0.3) is 16.3 Å². The van der Waals surface area contributed by atoms with Gasteiger partial charge in [-0.25, -0.2) is 0 Å². The summed E-state index contributed by atoms with van der Waals surface area (Å²) in [6, 6.07) is 7.85. The lowest BCUT2D eigenvalue weighted by Crippen LogP contribution is -1.98. The van der Waals surface area contributed by atoms with Gasteiger partial charge in [0.25, 0.3) is 0 Å². The molecule has 2 N–H and O–H groups in total. The molecule has 0 saturated heterocycles. The van der Waals surface area contributed by atoms with Crippen molar-refractivity contribution in [2.75, 3.05) is 0 Å². The summed E-state index contributed by atoms with van der Waals surface area (Å²) in [5.41, 5.74) is 6.54. The molecule has 17 heavy (non-hydrogen) atoms. The van der Waals surface area contributed by atoms with Crippen LogP contribution in [0.15, 0.2) is 28.7 Å². The molecule has 0 unspecified atom stereocenters. The third-order valence-corrected chi connectivity index (χ3v) is 3.93. The number of rotatable bonds is 2. The zero-order valence-corrected chi connectivity index (χ0v) is 11.1. The molecule has 0 saturated carbocycles. The Morgan fingerprint density at radius 1 is 1.29 bits per heavy atom. The molecule has 0 radical (unpaired) electrons. The van der Waals surface area contributed by atoms with E-state index in [4.69, 9.17) is 5.73 Å². The monoisotopic (exact) mass is 309 g/mol. The third kappa shape index (κ3) is 1.76. The quantitative estimate of drug-likeness (QED) is 0.787. The van der Waals surface area contributed by atoms with E-state index in [1.807, 2.05) is 24.3 Å². The van der Waals surface area contributed by atoms with Crippen molar-refractivity contribution in [2.24, 2.45) is 5.73 Å². The van der Waals surface area contributed by atoms with E-state index in [0.29, 0.717) is 6.54 Å². The van der Waals surface area contributed by atoms with Crippen LogP contribution in [0.1, 0.15) is 5.01 Å². The SMILES string of the molecule is NCc1nn2c(-c3ccccc3Br)nnc2s1. The molecule has 0 atom stereocenters. The van der Waals surface area contributed by atoms with Crippen LogP contribution in [0.2, 0.25) is 0 Å². The molecule has 2 aromatic heterocycles. The first-order valence-electron chi connectivity index (χ1n) is 4.95. The van der Waals surface area contributed by atoms with E-state index in [1.165, 1.54) is 11.3 Å². The average Bonchev–Trinajstić information content (AvgIpc) is 2.89. The second-order valence-corrected chi connectivity index (χ2v) is 5.29. The highest BCUT2D eigenvalue weighted by atomic mass is 79.9. The number of fused-ring (bicyclic) bond motifs is 1. The maximum Gasteiger partial charge on any atom is 0.235 e. The summed E-state index contributed by atoms with van der Waals surface area (Å²) in [5.74, 6) is 0.725. The van der Waals surface area contributed by atoms with Gasteiger partial charge in [-0.15, -0.1) is 10.2 Å². The van der Waals surface area contributed by atoms with Gasteiger partial charge < -0.3 is 5.73 Å². The first kappa shape index (κ1) is 10.8. The zero-order chi connectivity index (χ0) is 11.8. The molecule has 0 aliphatic heterocycles. The first-order valence-corrected chi connectivity index (χ1v) is 6.56. The summed E-state index contributed by atoms with van der Waals surface area (Å²) in [6.07, 6.45) is 0. The highest BCUT2D eigenvalue weighted by molar-refractivity contribution is 9.10. The summed E-state index contributed by atoms with van der Waals surface area (Å²) in [6.45, 7) is 0.420. The molecule has 2 heterocycles. The van der Waals surface area contributed by atoms with Gasteiger partial charge in [-0.3, -0.25) is 0 Å². The summed E-state index contributed by atoms with van der Waals surface area (Å²) >= 11 is 4.95. The van der Waals surface area contributed by atoms with E-state index in [-0.39, 0.29) is 0 Å². The van der Waals surface area contributed by atoms with E-state index >= 15 is 0 Å². The van der Waals surface area contributed by atoms with Gasteiger partial charge in [-0.05, 0) is 12.1 Å². The van der Waals surface area contributed by atoms with Gasteiger partial charge in [0.1, 0.15) is 5.01 Å². The number of nitrogens with two attached hydrogens (primary N) is 1. The maximum atomic E-state index is 5.57. The molecule has 5 nitrogen and oxygen atoms in total. The van der Waals surface area contributed by atoms with Crippen molar-refractivity contribution in [1.29, 1.82) is 0 Å². The third-order valence-electron chi connectivity index (χ3n) is 2.32. The van der Waals surface area contributed by atoms with Gasteiger partial charge in [0.2, 0.25) is 4.96 Å². The highest BCUT2D eigenvalue weighted by Crippen LogP contribution is 2.27. The zero-order valence-electron chi connectivity index (χ0n) is 8.67. The Morgan fingerprint density at radius 3 is 2.88 bits per heavy atom. The first-order chi connectivity index (χ1) is 8.29. The summed E-state index contributed by atoms with van der Waals surface area (Å²) in [7, 11) is 0. The average molecular weight is 310 g/mol. The molecular formula is C10H8BrN5S. The second-order valence-electron chi connectivity index (χ2n) is 3.40. The van der Waals surface area contributed by atoms with Gasteiger partial charge in [0, 0.05) is 16.6 Å². The van der Waals surface area contributed by atoms with E-state index in [2.05, 4.69) is 31.2 Å². The van der Waals surface area contributed by atoms with E-state index in [9.17, 15) is 0 Å². The number of hydrogen-bond acceptors (Lipinski definition) is 5. The smallest absolute Gasteiger partial charge is 0.235 e. The molecule has 0 aliphatic rings. The number of nitrogens with zero attached hydrogens (tertiary/aromatic N) is 4. The number of benzene rings is 1. The van der Waals surface area contributed by atoms with Gasteiger partial charge in [-0.1, -0.05) is 39.4 Å². The molecule has 86 valence electrons. The van der Waals surface area contributed by atoms with Crippen molar-refractivity contribution >= 4 is 32.2 Å². The van der Waals surface area contributed by atoms with Gasteiger partial charge in [0.15, 0.2) is 5.82 Å². The normalized spacial score (nSPS) is 11.2. The van der Waals surface area contributed by atoms with E-state index in [0.717, 1.165) is 25.8 Å². The van der Waals surface area contributed by atoms with Crippen molar-refractivity contribution in [3.8, 4) is 11.4 Å². The minimum atomic E-state index is 0.420. The fourth-order valence-electron chi connectivity index (χ4n) is 1.55. The predicted octanol–water partition coefficient (Wildman–Crippen LogP) is 2.07. The number of aromatic nitrogens is 4. The lowest BCUT2D eigenvalue weighted by molar-refractivity contribution is 0.894. The standard InChI is InChI=1S/C10H8BrN5S/c11-7-4-2-1-3-6(7)9-13-14-10-16(9)15-8(5-12)17-10/h1-4H,5,12H2. The molecule has 0 spiro atoms. The lowest BCUT2D eigenvalue weighted by atomic mass is 10.2. The molecule has 3 aromatic rings. The van der Waals surface area contributed by atoms with Crippen molar-refractivity contribution < 1.29 is 0 Å². The predicted molar refractivity (Wildman–Crippen MR) is 69.7 cm³/mol. The largest absolute Gasteiger partial charge is 0.324 e. The molecule has 1 aromatic carbocycles. The van der Waals surface area contributed by atoms with Crippen molar-refractivity contribution in [1.82, 2.24) is 19.8 Å². The number of halogens is 1. The van der Waals surface area contributed by atoms with E-state index in [1.54, 1.807) is 4.52 Å². The van der Waals surface area contributed by atoms with Gasteiger partial charge in [0.05, 0.1) is 0 Å². The van der Waals surface area contributed by atoms with E-state index < -0.39 is 0 Å². The van der Waals surface area contributed by atoms with Crippen LogP contribution < -0.4 is 5.73 Å². The Labute approximate surface area is 109 Å². The highest BCUT2D eigenvalue weighted by Gasteiger charge is 2.14. The molecule has 0 aliphatic carbocycles. The van der Waals surface area contributed by atoms with Crippen LogP contribution in [-0.2, 0) is 6.54 Å². The molecule has 0 bridgehead atoms. The minimum Gasteiger partial charge on any atom is -0.324 e. The summed E-state index contributed by atoms with van der Waals surface area (Å²) < 4.78 is 2.70. The Bertz CT molecular complexity index is 674. The van der Waals surface area contributed by atoms with Gasteiger partial charge in [-0.2, -0.15) is 9.61 Å². The van der Waals surface area contributed by atoms with Crippen LogP contribution in [0.5, 0.6) is 0 Å². The van der Waals surface area contributed by atoms with Crippen molar-refractivity contribution in [3.63, 3.8) is 0 Å². The molecule has 3 rings (SSSR count). The Balaban J connectivity index is 2.23. The Morgan fingerprint density at radius 2 is 2.12 bits per heavy atom. The summed E-state index contributed by atoms with van der Waals surface area (Å²) in [4.78, 5) is 0.760. The van der Waals surface area contributed by atoms with Crippen molar-refractivity contribution in [2.45, 2.75) is 6.54 Å². The van der Waals surface area contributed by atoms with Gasteiger partial charge >= 0.3 is 0 Å². The molecule has 0 amide bonds. The fraction of sp³-hybridized carbons (Fsp3) is 0.100. The maximum absolute atomic E-state index is 5.57. The Kier molecular flexibility index (Phi) is 2.65. The topological polar surface area (TPSA) is 69.1 Å². The van der Waals surface area contributed by atoms with Crippen LogP contribution in [0.3, 0.4) is 0 Å². The van der Waals surface area contributed by atoms with Crippen molar-refractivity contribution in [3.05, 3.63) is 33.7 Å². The van der Waals surface area contributed by atoms with Crippen LogP contribution in [0.4, 0.5) is 0 Å². The lowest BCUT2D eigenvalue weighted by Gasteiger charge is -1.99.